The summed E-state index contributed by atoms with van der Waals surface area (Å²) < 4.78 is 44.2. The fraction of sp³-hybridized carbons (Fsp3) is 0.190. The van der Waals surface area contributed by atoms with E-state index in [0.717, 1.165) is 17.5 Å². The van der Waals surface area contributed by atoms with E-state index in [-0.39, 0.29) is 6.42 Å². The van der Waals surface area contributed by atoms with Gasteiger partial charge in [0.05, 0.1) is 23.2 Å². The Morgan fingerprint density at radius 1 is 1.07 bits per heavy atom. The van der Waals surface area contributed by atoms with E-state index in [2.05, 4.69) is 10.3 Å². The third kappa shape index (κ3) is 4.90. The van der Waals surface area contributed by atoms with Crippen molar-refractivity contribution in [2.24, 2.45) is 0 Å². The highest BCUT2D eigenvalue weighted by Crippen LogP contribution is 2.34. The molecule has 2 aromatic carbocycles. The van der Waals surface area contributed by atoms with Crippen molar-refractivity contribution in [1.29, 1.82) is 0 Å². The van der Waals surface area contributed by atoms with Gasteiger partial charge in [-0.05, 0) is 30.7 Å². The molecule has 0 aliphatic heterocycles. The zero-order valence-electron chi connectivity index (χ0n) is 15.4. The fourth-order valence-corrected chi connectivity index (χ4v) is 2.83. The number of halogens is 3. The molecule has 1 aromatic heterocycles. The summed E-state index contributed by atoms with van der Waals surface area (Å²) in [6, 6.07) is 13.6. The maximum absolute atomic E-state index is 13.0. The van der Waals surface area contributed by atoms with Crippen LogP contribution in [0.4, 0.5) is 18.9 Å². The summed E-state index contributed by atoms with van der Waals surface area (Å²) in [7, 11) is 0. The Labute approximate surface area is 164 Å². The van der Waals surface area contributed by atoms with Gasteiger partial charge in [0.15, 0.2) is 6.10 Å². The lowest BCUT2D eigenvalue weighted by atomic mass is 10.1. The highest BCUT2D eigenvalue weighted by atomic mass is 19.4. The summed E-state index contributed by atoms with van der Waals surface area (Å²) in [6.07, 6.45) is -4.41. The van der Waals surface area contributed by atoms with E-state index in [1.807, 2.05) is 12.1 Å². The third-order valence-electron chi connectivity index (χ3n) is 4.22. The predicted octanol–water partition coefficient (Wildman–Crippen LogP) is 4.37. The van der Waals surface area contributed by atoms with Crippen molar-refractivity contribution >= 4 is 28.5 Å². The monoisotopic (exact) mass is 402 g/mol. The molecule has 8 heteroatoms. The first-order chi connectivity index (χ1) is 13.8. The van der Waals surface area contributed by atoms with Gasteiger partial charge < -0.3 is 10.1 Å². The molecule has 0 saturated carbocycles. The maximum Gasteiger partial charge on any atom is 0.418 e. The molecule has 1 atom stereocenters. The Morgan fingerprint density at radius 3 is 2.55 bits per heavy atom. The fourth-order valence-electron chi connectivity index (χ4n) is 2.83. The molecule has 0 radical (unpaired) electrons. The summed E-state index contributed by atoms with van der Waals surface area (Å²) in [5.74, 6) is -1.54. The minimum absolute atomic E-state index is 0.120. The second-order valence-electron chi connectivity index (χ2n) is 6.33. The van der Waals surface area contributed by atoms with Gasteiger partial charge in [-0.15, -0.1) is 0 Å². The van der Waals surface area contributed by atoms with Crippen LogP contribution in [-0.4, -0.2) is 23.0 Å². The molecule has 29 heavy (non-hydrogen) atoms. The number of ether oxygens (including phenoxy) is 1. The van der Waals surface area contributed by atoms with E-state index >= 15 is 0 Å². The van der Waals surface area contributed by atoms with Crippen LogP contribution in [0.2, 0.25) is 0 Å². The van der Waals surface area contributed by atoms with Crippen LogP contribution < -0.4 is 5.32 Å². The molecule has 0 aliphatic rings. The number of nitrogens with one attached hydrogen (secondary N) is 1. The Balaban J connectivity index is 1.66. The molecule has 0 aliphatic carbocycles. The van der Waals surface area contributed by atoms with Gasteiger partial charge in [0.1, 0.15) is 0 Å². The van der Waals surface area contributed by atoms with Crippen molar-refractivity contribution in [1.82, 2.24) is 4.98 Å². The predicted molar refractivity (Wildman–Crippen MR) is 101 cm³/mol. The van der Waals surface area contributed by atoms with E-state index in [9.17, 15) is 22.8 Å². The SMILES string of the molecule is CC(OC(=O)Cc1cccc2cccnc12)C(=O)Nc1ccccc1C(F)(F)F. The summed E-state index contributed by atoms with van der Waals surface area (Å²) in [5, 5.41) is 3.02. The van der Waals surface area contributed by atoms with Crippen molar-refractivity contribution in [3.63, 3.8) is 0 Å². The quantitative estimate of drug-likeness (QED) is 0.644. The van der Waals surface area contributed by atoms with Crippen molar-refractivity contribution in [2.75, 3.05) is 5.32 Å². The van der Waals surface area contributed by atoms with E-state index < -0.39 is 35.4 Å². The number of nitrogens with zero attached hydrogens (tertiary/aromatic N) is 1. The number of hydrogen-bond donors (Lipinski definition) is 1. The number of esters is 1. The van der Waals surface area contributed by atoms with Crippen molar-refractivity contribution in [2.45, 2.75) is 25.6 Å². The summed E-state index contributed by atoms with van der Waals surface area (Å²) in [4.78, 5) is 28.7. The molecule has 1 heterocycles. The van der Waals surface area contributed by atoms with E-state index in [1.165, 1.54) is 19.1 Å². The van der Waals surface area contributed by atoms with Crippen LogP contribution in [0.15, 0.2) is 60.8 Å². The largest absolute Gasteiger partial charge is 0.452 e. The Morgan fingerprint density at radius 2 is 1.79 bits per heavy atom. The molecule has 5 nitrogen and oxygen atoms in total. The van der Waals surface area contributed by atoms with Gasteiger partial charge in [0.25, 0.3) is 5.91 Å². The molecule has 3 rings (SSSR count). The van der Waals surface area contributed by atoms with Crippen molar-refractivity contribution < 1.29 is 27.5 Å². The standard InChI is InChI=1S/C21H17F3N2O3/c1-13(20(28)26-17-10-3-2-9-16(17)21(22,23)24)29-18(27)12-15-7-4-6-14-8-5-11-25-19(14)15/h2-11,13H,12H2,1H3,(H,26,28). The Hall–Kier alpha value is -3.42. The number of pyridine rings is 1. The smallest absolute Gasteiger partial charge is 0.418 e. The van der Waals surface area contributed by atoms with Gasteiger partial charge in [-0.1, -0.05) is 36.4 Å². The van der Waals surface area contributed by atoms with Crippen molar-refractivity contribution in [3.8, 4) is 0 Å². The first kappa shape index (κ1) is 20.3. The van der Waals surface area contributed by atoms with E-state index in [4.69, 9.17) is 4.74 Å². The minimum Gasteiger partial charge on any atom is -0.452 e. The molecule has 3 aromatic rings. The Bertz CT molecular complexity index is 1050. The minimum atomic E-state index is -4.62. The maximum atomic E-state index is 13.0. The lowest BCUT2D eigenvalue weighted by Gasteiger charge is -2.17. The molecular weight excluding hydrogens is 385 g/mol. The number of fused-ring (bicyclic) bond motifs is 1. The van der Waals surface area contributed by atoms with Gasteiger partial charge in [-0.2, -0.15) is 13.2 Å². The zero-order valence-corrected chi connectivity index (χ0v) is 15.4. The normalized spacial score (nSPS) is 12.4. The molecule has 0 saturated heterocycles. The third-order valence-corrected chi connectivity index (χ3v) is 4.22. The number of rotatable bonds is 5. The summed E-state index contributed by atoms with van der Waals surface area (Å²) in [5.41, 5.74) is -0.105. The average molecular weight is 402 g/mol. The van der Waals surface area contributed by atoms with Gasteiger partial charge in [-0.25, -0.2) is 0 Å². The van der Waals surface area contributed by atoms with Crippen LogP contribution in [0.5, 0.6) is 0 Å². The highest BCUT2D eigenvalue weighted by molar-refractivity contribution is 5.96. The molecule has 0 fully saturated rings. The number of para-hydroxylation sites is 2. The van der Waals surface area contributed by atoms with Gasteiger partial charge in [0, 0.05) is 11.6 Å². The molecular formula is C21H17F3N2O3. The molecule has 150 valence electrons. The van der Waals surface area contributed by atoms with Gasteiger partial charge in [-0.3, -0.25) is 14.6 Å². The van der Waals surface area contributed by atoms with Crippen LogP contribution in [0.3, 0.4) is 0 Å². The van der Waals surface area contributed by atoms with E-state index in [1.54, 1.807) is 24.4 Å². The number of benzene rings is 2. The molecule has 1 N–H and O–H groups in total. The van der Waals surface area contributed by atoms with Crippen LogP contribution in [-0.2, 0) is 26.9 Å². The number of alkyl halides is 3. The van der Waals surface area contributed by atoms with Gasteiger partial charge >= 0.3 is 12.1 Å². The van der Waals surface area contributed by atoms with Crippen LogP contribution in [0.25, 0.3) is 10.9 Å². The van der Waals surface area contributed by atoms with Crippen LogP contribution in [0, 0.1) is 0 Å². The van der Waals surface area contributed by atoms with Gasteiger partial charge in [0.2, 0.25) is 0 Å². The zero-order chi connectivity index (χ0) is 21.0. The number of hydrogen-bond acceptors (Lipinski definition) is 4. The number of carbonyl (C=O) groups is 2. The molecule has 1 amide bonds. The lowest BCUT2D eigenvalue weighted by molar-refractivity contribution is -0.152. The average Bonchev–Trinajstić information content (AvgIpc) is 2.67. The summed E-state index contributed by atoms with van der Waals surface area (Å²) >= 11 is 0. The summed E-state index contributed by atoms with van der Waals surface area (Å²) in [6.45, 7) is 1.30. The number of amides is 1. The number of anilines is 1. The first-order valence-corrected chi connectivity index (χ1v) is 8.75. The second kappa shape index (κ2) is 8.30. The molecule has 0 spiro atoms. The van der Waals surface area contributed by atoms with Crippen LogP contribution >= 0.6 is 0 Å². The van der Waals surface area contributed by atoms with Crippen molar-refractivity contribution in [3.05, 3.63) is 71.9 Å². The van der Waals surface area contributed by atoms with Crippen LogP contribution in [0.1, 0.15) is 18.1 Å². The topological polar surface area (TPSA) is 68.3 Å². The Kier molecular flexibility index (Phi) is 5.81. The van der Waals surface area contributed by atoms with E-state index in [0.29, 0.717) is 11.1 Å². The lowest BCUT2D eigenvalue weighted by Crippen LogP contribution is -2.31. The second-order valence-corrected chi connectivity index (χ2v) is 6.33. The number of carbonyl (C=O) groups excluding carboxylic acids is 2. The molecule has 0 bridgehead atoms. The number of aromatic nitrogens is 1. The molecule has 1 unspecified atom stereocenters. The highest BCUT2D eigenvalue weighted by Gasteiger charge is 2.34. The first-order valence-electron chi connectivity index (χ1n) is 8.75.